The molecule has 2 aliphatic rings. The molecular weight excluding hydrogens is 246 g/mol. The van der Waals surface area contributed by atoms with E-state index in [1.54, 1.807) is 0 Å². The highest BCUT2D eigenvalue weighted by molar-refractivity contribution is 5.61. The third-order valence-electron chi connectivity index (χ3n) is 4.48. The molecule has 1 heterocycles. The number of hydrogen-bond donors (Lipinski definition) is 1. The molecule has 0 bridgehead atoms. The number of hydrogen-bond acceptors (Lipinski definition) is 3. The topological polar surface area (TPSA) is 39.1 Å². The van der Waals surface area contributed by atoms with Gasteiger partial charge in [-0.3, -0.25) is 0 Å². The molecule has 1 N–H and O–H groups in total. The van der Waals surface area contributed by atoms with Crippen molar-refractivity contribution in [2.24, 2.45) is 5.92 Å². The number of anilines is 1. The second kappa shape index (κ2) is 5.85. The highest BCUT2D eigenvalue weighted by atomic mass is 15.2. The molecule has 3 heteroatoms. The zero-order valence-corrected chi connectivity index (χ0v) is 12.2. The number of nitriles is 1. The van der Waals surface area contributed by atoms with Gasteiger partial charge in [0.15, 0.2) is 0 Å². The zero-order chi connectivity index (χ0) is 13.9. The molecule has 2 fully saturated rings. The van der Waals surface area contributed by atoms with Gasteiger partial charge in [-0.1, -0.05) is 6.07 Å². The summed E-state index contributed by atoms with van der Waals surface area (Å²) >= 11 is 0. The SMILES string of the molecule is Cc1ccc(N(CC2CCNCC2)C2CC2)c(C#N)c1. The van der Waals surface area contributed by atoms with Gasteiger partial charge in [-0.2, -0.15) is 5.26 Å². The molecule has 0 aromatic heterocycles. The Bertz CT molecular complexity index is 507. The standard InChI is InChI=1S/C17H23N3/c1-13-2-5-17(15(10-13)11-18)20(16-3-4-16)12-14-6-8-19-9-7-14/h2,5,10,14,16,19H,3-4,6-9,12H2,1H3. The van der Waals surface area contributed by atoms with Gasteiger partial charge in [0.05, 0.1) is 11.3 Å². The van der Waals surface area contributed by atoms with Crippen molar-refractivity contribution in [1.29, 1.82) is 5.26 Å². The maximum Gasteiger partial charge on any atom is 0.101 e. The van der Waals surface area contributed by atoms with E-state index in [0.29, 0.717) is 6.04 Å². The van der Waals surface area contributed by atoms with Crippen LogP contribution in [0.1, 0.15) is 36.8 Å². The molecule has 0 atom stereocenters. The van der Waals surface area contributed by atoms with Crippen LogP contribution in [0.3, 0.4) is 0 Å². The second-order valence-electron chi connectivity index (χ2n) is 6.21. The van der Waals surface area contributed by atoms with Crippen LogP contribution < -0.4 is 10.2 Å². The van der Waals surface area contributed by atoms with Gasteiger partial charge in [0.25, 0.3) is 0 Å². The quantitative estimate of drug-likeness (QED) is 0.913. The van der Waals surface area contributed by atoms with Gasteiger partial charge in [0.1, 0.15) is 6.07 Å². The van der Waals surface area contributed by atoms with Gasteiger partial charge in [0, 0.05) is 12.6 Å². The molecule has 1 aromatic carbocycles. The molecule has 0 unspecified atom stereocenters. The first-order valence-corrected chi connectivity index (χ1v) is 7.76. The summed E-state index contributed by atoms with van der Waals surface area (Å²) in [5, 5.41) is 12.8. The van der Waals surface area contributed by atoms with Gasteiger partial charge in [-0.25, -0.2) is 0 Å². The second-order valence-corrected chi connectivity index (χ2v) is 6.21. The predicted octanol–water partition coefficient (Wildman–Crippen LogP) is 2.84. The normalized spacial score (nSPS) is 19.6. The van der Waals surface area contributed by atoms with Crippen LogP contribution >= 0.6 is 0 Å². The molecule has 0 amide bonds. The molecule has 1 saturated heterocycles. The Kier molecular flexibility index (Phi) is 3.93. The first-order chi connectivity index (χ1) is 9.78. The Morgan fingerprint density at radius 2 is 2.00 bits per heavy atom. The fourth-order valence-corrected chi connectivity index (χ4v) is 3.16. The maximum absolute atomic E-state index is 9.41. The molecule has 1 saturated carbocycles. The molecular formula is C17H23N3. The molecule has 0 spiro atoms. The Hall–Kier alpha value is -1.53. The van der Waals surface area contributed by atoms with Crippen molar-refractivity contribution in [3.63, 3.8) is 0 Å². The first-order valence-electron chi connectivity index (χ1n) is 7.76. The number of nitrogens with zero attached hydrogens (tertiary/aromatic N) is 2. The van der Waals surface area contributed by atoms with E-state index in [-0.39, 0.29) is 0 Å². The van der Waals surface area contributed by atoms with Gasteiger partial charge < -0.3 is 10.2 Å². The summed E-state index contributed by atoms with van der Waals surface area (Å²) in [6.07, 6.45) is 5.08. The summed E-state index contributed by atoms with van der Waals surface area (Å²) < 4.78 is 0. The van der Waals surface area contributed by atoms with Crippen LogP contribution in [0.2, 0.25) is 0 Å². The maximum atomic E-state index is 9.41. The van der Waals surface area contributed by atoms with Crippen molar-refractivity contribution in [2.45, 2.75) is 38.6 Å². The summed E-state index contributed by atoms with van der Waals surface area (Å²) in [4.78, 5) is 2.51. The fraction of sp³-hybridized carbons (Fsp3) is 0.588. The Morgan fingerprint density at radius 3 is 2.65 bits per heavy atom. The van der Waals surface area contributed by atoms with E-state index in [1.807, 2.05) is 6.07 Å². The minimum atomic E-state index is 0.666. The summed E-state index contributed by atoms with van der Waals surface area (Å²) in [6.45, 7) is 5.45. The van der Waals surface area contributed by atoms with Crippen LogP contribution in [0.25, 0.3) is 0 Å². The average Bonchev–Trinajstić information content (AvgIpc) is 3.31. The largest absolute Gasteiger partial charge is 0.367 e. The third-order valence-corrected chi connectivity index (χ3v) is 4.48. The molecule has 1 aromatic rings. The minimum Gasteiger partial charge on any atom is -0.367 e. The van der Waals surface area contributed by atoms with E-state index in [1.165, 1.54) is 31.2 Å². The van der Waals surface area contributed by atoms with Crippen LogP contribution in [0.4, 0.5) is 5.69 Å². The van der Waals surface area contributed by atoms with Crippen LogP contribution in [0.15, 0.2) is 18.2 Å². The molecule has 106 valence electrons. The molecule has 1 aliphatic carbocycles. The van der Waals surface area contributed by atoms with Gasteiger partial charge in [0.2, 0.25) is 0 Å². The predicted molar refractivity (Wildman–Crippen MR) is 81.9 cm³/mol. The van der Waals surface area contributed by atoms with Gasteiger partial charge >= 0.3 is 0 Å². The third kappa shape index (κ3) is 2.96. The average molecular weight is 269 g/mol. The van der Waals surface area contributed by atoms with Crippen molar-refractivity contribution < 1.29 is 0 Å². The van der Waals surface area contributed by atoms with E-state index in [2.05, 4.69) is 35.3 Å². The van der Waals surface area contributed by atoms with Crippen LogP contribution in [-0.2, 0) is 0 Å². The number of rotatable bonds is 4. The first kappa shape index (κ1) is 13.5. The van der Waals surface area contributed by atoms with Crippen LogP contribution in [0, 0.1) is 24.2 Å². The molecule has 0 radical (unpaired) electrons. The number of aryl methyl sites for hydroxylation is 1. The molecule has 20 heavy (non-hydrogen) atoms. The van der Waals surface area contributed by atoms with Crippen LogP contribution in [0.5, 0.6) is 0 Å². The highest BCUT2D eigenvalue weighted by Gasteiger charge is 2.32. The van der Waals surface area contributed by atoms with E-state index >= 15 is 0 Å². The van der Waals surface area contributed by atoms with Crippen molar-refractivity contribution >= 4 is 5.69 Å². The monoisotopic (exact) mass is 269 g/mol. The lowest BCUT2D eigenvalue weighted by atomic mass is 9.96. The van der Waals surface area contributed by atoms with Crippen molar-refractivity contribution in [3.05, 3.63) is 29.3 Å². The zero-order valence-electron chi connectivity index (χ0n) is 12.2. The van der Waals surface area contributed by atoms with E-state index < -0.39 is 0 Å². The van der Waals surface area contributed by atoms with Gasteiger partial charge in [-0.15, -0.1) is 0 Å². The lowest BCUT2D eigenvalue weighted by molar-refractivity contribution is 0.372. The summed E-state index contributed by atoms with van der Waals surface area (Å²) in [6, 6.07) is 9.35. The van der Waals surface area contributed by atoms with E-state index in [9.17, 15) is 5.26 Å². The van der Waals surface area contributed by atoms with Gasteiger partial charge in [-0.05, 0) is 69.3 Å². The molecule has 1 aliphatic heterocycles. The molecule has 3 rings (SSSR count). The van der Waals surface area contributed by atoms with Crippen molar-refractivity contribution in [2.75, 3.05) is 24.5 Å². The lowest BCUT2D eigenvalue weighted by Gasteiger charge is -2.32. The number of benzene rings is 1. The van der Waals surface area contributed by atoms with E-state index in [0.717, 1.165) is 36.8 Å². The van der Waals surface area contributed by atoms with Crippen molar-refractivity contribution in [3.8, 4) is 6.07 Å². The van der Waals surface area contributed by atoms with Crippen molar-refractivity contribution in [1.82, 2.24) is 5.32 Å². The highest BCUT2D eigenvalue weighted by Crippen LogP contribution is 2.35. The fourth-order valence-electron chi connectivity index (χ4n) is 3.16. The summed E-state index contributed by atoms with van der Waals surface area (Å²) in [5.41, 5.74) is 3.16. The van der Waals surface area contributed by atoms with E-state index in [4.69, 9.17) is 0 Å². The Balaban J connectivity index is 1.81. The Labute approximate surface area is 121 Å². The lowest BCUT2D eigenvalue weighted by Crippen LogP contribution is -2.37. The minimum absolute atomic E-state index is 0.666. The molecule has 3 nitrogen and oxygen atoms in total. The summed E-state index contributed by atoms with van der Waals surface area (Å²) in [5.74, 6) is 0.768. The smallest absolute Gasteiger partial charge is 0.101 e. The summed E-state index contributed by atoms with van der Waals surface area (Å²) in [7, 11) is 0. The number of nitrogens with one attached hydrogen (secondary N) is 1. The van der Waals surface area contributed by atoms with Crippen LogP contribution in [-0.4, -0.2) is 25.7 Å². The number of piperidine rings is 1. The Morgan fingerprint density at radius 1 is 1.25 bits per heavy atom.